The first-order valence-electron chi connectivity index (χ1n) is 6.34. The first kappa shape index (κ1) is 15.7. The maximum Gasteiger partial charge on any atom is 0.0642 e. The van der Waals surface area contributed by atoms with Gasteiger partial charge < -0.3 is 10.6 Å². The second-order valence-electron chi connectivity index (χ2n) is 4.41. The third-order valence-corrected chi connectivity index (χ3v) is 4.24. The monoisotopic (exact) mass is 286 g/mol. The first-order valence-corrected chi connectivity index (χ1v) is 8.12. The SMILES string of the molecule is CCC(CSC)N(C)c1c(Cl)cccc1CCN. The smallest absolute Gasteiger partial charge is 0.0642 e. The zero-order chi connectivity index (χ0) is 13.5. The Kier molecular flexibility index (Phi) is 6.90. The highest BCUT2D eigenvalue weighted by atomic mass is 35.5. The van der Waals surface area contributed by atoms with Gasteiger partial charge in [-0.25, -0.2) is 0 Å². The second-order valence-corrected chi connectivity index (χ2v) is 5.73. The highest BCUT2D eigenvalue weighted by molar-refractivity contribution is 7.98. The van der Waals surface area contributed by atoms with Gasteiger partial charge in [0.2, 0.25) is 0 Å². The lowest BCUT2D eigenvalue weighted by Crippen LogP contribution is -2.34. The fraction of sp³-hybridized carbons (Fsp3) is 0.571. The van der Waals surface area contributed by atoms with E-state index < -0.39 is 0 Å². The molecule has 4 heteroatoms. The fourth-order valence-electron chi connectivity index (χ4n) is 2.19. The topological polar surface area (TPSA) is 29.3 Å². The van der Waals surface area contributed by atoms with Crippen LogP contribution in [-0.2, 0) is 6.42 Å². The number of nitrogens with two attached hydrogens (primary N) is 1. The quantitative estimate of drug-likeness (QED) is 0.833. The summed E-state index contributed by atoms with van der Waals surface area (Å²) < 4.78 is 0. The number of halogens is 1. The molecule has 18 heavy (non-hydrogen) atoms. The molecule has 0 heterocycles. The van der Waals surface area contributed by atoms with Crippen LogP contribution >= 0.6 is 23.4 Å². The zero-order valence-corrected chi connectivity index (χ0v) is 13.0. The molecule has 0 saturated heterocycles. The van der Waals surface area contributed by atoms with Crippen molar-refractivity contribution in [2.75, 3.05) is 30.5 Å². The summed E-state index contributed by atoms with van der Waals surface area (Å²) in [6.45, 7) is 2.87. The van der Waals surface area contributed by atoms with E-state index in [1.54, 1.807) is 0 Å². The lowest BCUT2D eigenvalue weighted by Gasteiger charge is -2.31. The Bertz CT molecular complexity index is 371. The molecule has 0 saturated carbocycles. The molecule has 2 N–H and O–H groups in total. The van der Waals surface area contributed by atoms with E-state index in [2.05, 4.69) is 31.2 Å². The van der Waals surface area contributed by atoms with Crippen molar-refractivity contribution in [2.24, 2.45) is 5.73 Å². The van der Waals surface area contributed by atoms with Crippen molar-refractivity contribution in [3.63, 3.8) is 0 Å². The van der Waals surface area contributed by atoms with Gasteiger partial charge in [-0.3, -0.25) is 0 Å². The summed E-state index contributed by atoms with van der Waals surface area (Å²) >= 11 is 8.24. The summed E-state index contributed by atoms with van der Waals surface area (Å²) in [6.07, 6.45) is 4.13. The van der Waals surface area contributed by atoms with Gasteiger partial charge in [-0.1, -0.05) is 30.7 Å². The average molecular weight is 287 g/mol. The molecule has 0 aliphatic heterocycles. The zero-order valence-electron chi connectivity index (χ0n) is 11.4. The molecule has 0 amide bonds. The molecule has 0 radical (unpaired) electrons. The van der Waals surface area contributed by atoms with Crippen molar-refractivity contribution in [1.29, 1.82) is 0 Å². The number of hydrogen-bond donors (Lipinski definition) is 1. The van der Waals surface area contributed by atoms with Crippen molar-refractivity contribution < 1.29 is 0 Å². The summed E-state index contributed by atoms with van der Waals surface area (Å²) in [6, 6.07) is 6.59. The van der Waals surface area contributed by atoms with Gasteiger partial charge in [-0.05, 0) is 37.3 Å². The average Bonchev–Trinajstić information content (AvgIpc) is 2.36. The van der Waals surface area contributed by atoms with Crippen LogP contribution in [0.25, 0.3) is 0 Å². The van der Waals surface area contributed by atoms with Gasteiger partial charge in [0.1, 0.15) is 0 Å². The molecule has 102 valence electrons. The normalized spacial score (nSPS) is 12.5. The summed E-state index contributed by atoms with van der Waals surface area (Å²) in [5.41, 5.74) is 8.07. The summed E-state index contributed by atoms with van der Waals surface area (Å²) in [5.74, 6) is 1.11. The molecular formula is C14H23ClN2S. The standard InChI is InChI=1S/C14H23ClN2S/c1-4-12(10-18-3)17(2)14-11(8-9-16)6-5-7-13(14)15/h5-7,12H,4,8-10,16H2,1-3H3. The summed E-state index contributed by atoms with van der Waals surface area (Å²) in [7, 11) is 2.13. The minimum Gasteiger partial charge on any atom is -0.369 e. The van der Waals surface area contributed by atoms with Crippen molar-refractivity contribution in [3.05, 3.63) is 28.8 Å². The molecule has 1 aromatic carbocycles. The third kappa shape index (κ3) is 3.81. The largest absolute Gasteiger partial charge is 0.369 e. The van der Waals surface area contributed by atoms with Crippen LogP contribution in [0.5, 0.6) is 0 Å². The van der Waals surface area contributed by atoms with Crippen LogP contribution in [0.4, 0.5) is 5.69 Å². The minimum atomic E-state index is 0.511. The van der Waals surface area contributed by atoms with E-state index in [9.17, 15) is 0 Å². The van der Waals surface area contributed by atoms with E-state index in [-0.39, 0.29) is 0 Å². The Morgan fingerprint density at radius 2 is 2.17 bits per heavy atom. The molecule has 0 bridgehead atoms. The molecule has 0 spiro atoms. The Hall–Kier alpha value is -0.380. The molecular weight excluding hydrogens is 264 g/mol. The van der Waals surface area contributed by atoms with Gasteiger partial charge >= 0.3 is 0 Å². The maximum atomic E-state index is 6.37. The Morgan fingerprint density at radius 3 is 2.72 bits per heavy atom. The third-order valence-electron chi connectivity index (χ3n) is 3.21. The molecule has 0 aliphatic rings. The van der Waals surface area contributed by atoms with Crippen molar-refractivity contribution in [2.45, 2.75) is 25.8 Å². The van der Waals surface area contributed by atoms with E-state index in [0.717, 1.165) is 29.3 Å². The number of hydrogen-bond acceptors (Lipinski definition) is 3. The fourth-order valence-corrected chi connectivity index (χ4v) is 3.36. The number of anilines is 1. The lowest BCUT2D eigenvalue weighted by atomic mass is 10.1. The van der Waals surface area contributed by atoms with Crippen LogP contribution in [0.2, 0.25) is 5.02 Å². The highest BCUT2D eigenvalue weighted by Gasteiger charge is 2.18. The molecule has 0 fully saturated rings. The van der Waals surface area contributed by atoms with E-state index in [0.29, 0.717) is 12.6 Å². The van der Waals surface area contributed by atoms with Gasteiger partial charge in [0.05, 0.1) is 10.7 Å². The predicted octanol–water partition coefficient (Wildman–Crippen LogP) is 3.42. The molecule has 0 aliphatic carbocycles. The molecule has 2 nitrogen and oxygen atoms in total. The van der Waals surface area contributed by atoms with E-state index >= 15 is 0 Å². The van der Waals surface area contributed by atoms with Gasteiger partial charge in [0.15, 0.2) is 0 Å². The van der Waals surface area contributed by atoms with E-state index in [1.807, 2.05) is 23.9 Å². The van der Waals surface area contributed by atoms with Crippen molar-refractivity contribution in [1.82, 2.24) is 0 Å². The van der Waals surface area contributed by atoms with Crippen LogP contribution in [0.3, 0.4) is 0 Å². The maximum absolute atomic E-state index is 6.37. The van der Waals surface area contributed by atoms with Crippen molar-refractivity contribution in [3.8, 4) is 0 Å². The number of rotatable bonds is 7. The summed E-state index contributed by atoms with van der Waals surface area (Å²) in [4.78, 5) is 2.31. The second kappa shape index (κ2) is 7.93. The van der Waals surface area contributed by atoms with Crippen molar-refractivity contribution >= 4 is 29.1 Å². The molecule has 1 rings (SSSR count). The molecule has 1 atom stereocenters. The Balaban J connectivity index is 3.05. The van der Waals surface area contributed by atoms with Gasteiger partial charge in [-0.15, -0.1) is 0 Å². The van der Waals surface area contributed by atoms with E-state index in [1.165, 1.54) is 5.56 Å². The van der Waals surface area contributed by atoms with Crippen LogP contribution in [-0.4, -0.2) is 31.6 Å². The van der Waals surface area contributed by atoms with Crippen LogP contribution < -0.4 is 10.6 Å². The number of para-hydroxylation sites is 1. The lowest BCUT2D eigenvalue weighted by molar-refractivity contribution is 0.670. The van der Waals surface area contributed by atoms with Gasteiger partial charge in [0, 0.05) is 18.8 Å². The molecule has 1 unspecified atom stereocenters. The molecule has 0 aromatic heterocycles. The van der Waals surface area contributed by atoms with Gasteiger partial charge in [-0.2, -0.15) is 11.8 Å². The Morgan fingerprint density at radius 1 is 1.44 bits per heavy atom. The summed E-state index contributed by atoms with van der Waals surface area (Å²) in [5, 5.41) is 0.822. The van der Waals surface area contributed by atoms with Crippen LogP contribution in [0.1, 0.15) is 18.9 Å². The van der Waals surface area contributed by atoms with Gasteiger partial charge in [0.25, 0.3) is 0 Å². The number of benzene rings is 1. The number of nitrogens with zero attached hydrogens (tertiary/aromatic N) is 1. The Labute approximate surface area is 120 Å². The predicted molar refractivity (Wildman–Crippen MR) is 85.1 cm³/mol. The first-order chi connectivity index (χ1) is 8.65. The number of thioether (sulfide) groups is 1. The molecule has 1 aromatic rings. The van der Waals surface area contributed by atoms with E-state index in [4.69, 9.17) is 17.3 Å². The minimum absolute atomic E-state index is 0.511. The van der Waals surface area contributed by atoms with Crippen LogP contribution in [0.15, 0.2) is 18.2 Å². The van der Waals surface area contributed by atoms with Crippen LogP contribution in [0, 0.1) is 0 Å². The highest BCUT2D eigenvalue weighted by Crippen LogP contribution is 2.31.